The van der Waals surface area contributed by atoms with Gasteiger partial charge >= 0.3 is 0 Å². The second-order valence-corrected chi connectivity index (χ2v) is 13.0. The summed E-state index contributed by atoms with van der Waals surface area (Å²) in [5, 5.41) is 9.73. The number of benzene rings is 9. The summed E-state index contributed by atoms with van der Waals surface area (Å²) in [6.45, 7) is 0. The number of rotatable bonds is 5. The Bertz CT molecular complexity index is 2830. The molecule has 234 valence electrons. The van der Waals surface area contributed by atoms with Gasteiger partial charge in [0.15, 0.2) is 0 Å². The average molecular weight is 638 g/mol. The average Bonchev–Trinajstić information content (AvgIpc) is 3.55. The zero-order chi connectivity index (χ0) is 33.0. The van der Waals surface area contributed by atoms with Gasteiger partial charge in [-0.1, -0.05) is 127 Å². The van der Waals surface area contributed by atoms with Crippen LogP contribution < -0.4 is 4.90 Å². The number of hydrogen-bond donors (Lipinski definition) is 0. The molecular formula is C48H31NO. The molecule has 0 unspecified atom stereocenters. The van der Waals surface area contributed by atoms with Crippen molar-refractivity contribution in [2.24, 2.45) is 0 Å². The van der Waals surface area contributed by atoms with Crippen molar-refractivity contribution in [3.05, 3.63) is 188 Å². The van der Waals surface area contributed by atoms with Gasteiger partial charge in [0.2, 0.25) is 0 Å². The van der Waals surface area contributed by atoms with Gasteiger partial charge in [0.1, 0.15) is 11.2 Å². The van der Waals surface area contributed by atoms with E-state index in [9.17, 15) is 0 Å². The molecule has 0 aliphatic carbocycles. The SMILES string of the molecule is c1ccc(-c2ccc(N(c3ccccc3)c3ccc(-c4ccc5c(ccc6ccc7cc8c(cc7c65)oc5ccccc58)c4)cc3)cc2)cc1. The van der Waals surface area contributed by atoms with Crippen molar-refractivity contribution in [1.29, 1.82) is 0 Å². The van der Waals surface area contributed by atoms with Crippen LogP contribution in [0.5, 0.6) is 0 Å². The smallest absolute Gasteiger partial charge is 0.136 e. The number of hydrogen-bond acceptors (Lipinski definition) is 2. The van der Waals surface area contributed by atoms with Crippen molar-refractivity contribution < 1.29 is 4.42 Å². The Labute approximate surface area is 290 Å². The first-order chi connectivity index (χ1) is 24.8. The molecule has 0 aliphatic heterocycles. The molecule has 0 N–H and O–H groups in total. The second-order valence-electron chi connectivity index (χ2n) is 13.0. The number of nitrogens with zero attached hydrogens (tertiary/aromatic N) is 1. The Morgan fingerprint density at radius 2 is 0.840 bits per heavy atom. The van der Waals surface area contributed by atoms with Crippen molar-refractivity contribution in [2.75, 3.05) is 4.90 Å². The van der Waals surface area contributed by atoms with E-state index < -0.39 is 0 Å². The highest BCUT2D eigenvalue weighted by Crippen LogP contribution is 2.40. The highest BCUT2D eigenvalue weighted by molar-refractivity contribution is 6.23. The van der Waals surface area contributed by atoms with E-state index in [-0.39, 0.29) is 0 Å². The van der Waals surface area contributed by atoms with Crippen LogP contribution in [0.25, 0.3) is 76.5 Å². The Balaban J connectivity index is 1.03. The van der Waals surface area contributed by atoms with E-state index in [1.165, 1.54) is 54.6 Å². The molecule has 1 heterocycles. The molecule has 9 aromatic carbocycles. The van der Waals surface area contributed by atoms with Crippen molar-refractivity contribution >= 4 is 71.3 Å². The summed E-state index contributed by atoms with van der Waals surface area (Å²) < 4.78 is 6.30. The van der Waals surface area contributed by atoms with Crippen LogP contribution in [0.2, 0.25) is 0 Å². The monoisotopic (exact) mass is 637 g/mol. The standard InChI is InChI=1S/C48H31NO/c1-3-9-32(10-4-1)33-19-24-40(25-20-33)49(39-11-5-2-6-12-39)41-26-21-34(22-27-41)36-23-28-42-37(29-36)17-15-35-16-18-38-30-45-43-13-7-8-14-46(43)50-47(45)31-44(38)48(35)42/h1-31H. The highest BCUT2D eigenvalue weighted by atomic mass is 16.3. The van der Waals surface area contributed by atoms with Gasteiger partial charge in [-0.15, -0.1) is 0 Å². The van der Waals surface area contributed by atoms with Gasteiger partial charge in [-0.2, -0.15) is 0 Å². The van der Waals surface area contributed by atoms with Gasteiger partial charge in [0.25, 0.3) is 0 Å². The molecule has 10 aromatic rings. The van der Waals surface area contributed by atoms with Gasteiger partial charge in [0.05, 0.1) is 0 Å². The van der Waals surface area contributed by atoms with Gasteiger partial charge in [-0.05, 0) is 115 Å². The maximum absolute atomic E-state index is 6.30. The normalized spacial score (nSPS) is 11.6. The fraction of sp³-hybridized carbons (Fsp3) is 0. The van der Waals surface area contributed by atoms with E-state index in [1.807, 2.05) is 12.1 Å². The van der Waals surface area contributed by atoms with E-state index in [2.05, 4.69) is 181 Å². The number of fused-ring (bicyclic) bond motifs is 8. The maximum Gasteiger partial charge on any atom is 0.136 e. The van der Waals surface area contributed by atoms with Crippen LogP contribution in [-0.4, -0.2) is 0 Å². The lowest BCUT2D eigenvalue weighted by Crippen LogP contribution is -2.09. The van der Waals surface area contributed by atoms with Crippen LogP contribution in [0.3, 0.4) is 0 Å². The fourth-order valence-corrected chi connectivity index (χ4v) is 7.55. The summed E-state index contributed by atoms with van der Waals surface area (Å²) in [6, 6.07) is 67.5. The summed E-state index contributed by atoms with van der Waals surface area (Å²) in [5.41, 5.74) is 10.0. The third-order valence-corrected chi connectivity index (χ3v) is 10.0. The van der Waals surface area contributed by atoms with Crippen LogP contribution in [0.1, 0.15) is 0 Å². The Hall–Kier alpha value is -6.64. The molecule has 0 saturated carbocycles. The molecule has 0 radical (unpaired) electrons. The van der Waals surface area contributed by atoms with Gasteiger partial charge < -0.3 is 9.32 Å². The van der Waals surface area contributed by atoms with Gasteiger partial charge in [-0.25, -0.2) is 0 Å². The molecule has 0 atom stereocenters. The van der Waals surface area contributed by atoms with Crippen molar-refractivity contribution in [3.63, 3.8) is 0 Å². The molecule has 0 saturated heterocycles. The van der Waals surface area contributed by atoms with Crippen LogP contribution in [-0.2, 0) is 0 Å². The van der Waals surface area contributed by atoms with Crippen LogP contribution in [0, 0.1) is 0 Å². The number of anilines is 3. The predicted molar refractivity (Wildman–Crippen MR) is 212 cm³/mol. The minimum atomic E-state index is 0.926. The first-order valence-corrected chi connectivity index (χ1v) is 17.1. The number of para-hydroxylation sites is 2. The maximum atomic E-state index is 6.30. The topological polar surface area (TPSA) is 16.4 Å². The van der Waals surface area contributed by atoms with Gasteiger partial charge in [0, 0.05) is 27.8 Å². The Morgan fingerprint density at radius 1 is 0.300 bits per heavy atom. The quantitative estimate of drug-likeness (QED) is 0.175. The Morgan fingerprint density at radius 3 is 1.56 bits per heavy atom. The van der Waals surface area contributed by atoms with Crippen molar-refractivity contribution in [3.8, 4) is 22.3 Å². The first-order valence-electron chi connectivity index (χ1n) is 17.1. The third-order valence-electron chi connectivity index (χ3n) is 10.0. The first kappa shape index (κ1) is 28.4. The highest BCUT2D eigenvalue weighted by Gasteiger charge is 2.15. The lowest BCUT2D eigenvalue weighted by Gasteiger charge is -2.26. The second kappa shape index (κ2) is 11.5. The number of furan rings is 1. The molecule has 50 heavy (non-hydrogen) atoms. The minimum absolute atomic E-state index is 0.926. The van der Waals surface area contributed by atoms with Gasteiger partial charge in [-0.3, -0.25) is 0 Å². The molecule has 0 bridgehead atoms. The molecular weight excluding hydrogens is 607 g/mol. The van der Waals surface area contributed by atoms with E-state index in [4.69, 9.17) is 4.42 Å². The molecule has 2 nitrogen and oxygen atoms in total. The molecule has 0 spiro atoms. The van der Waals surface area contributed by atoms with E-state index in [0.29, 0.717) is 0 Å². The summed E-state index contributed by atoms with van der Waals surface area (Å²) in [5.74, 6) is 0. The molecule has 2 heteroatoms. The minimum Gasteiger partial charge on any atom is -0.456 e. The lowest BCUT2D eigenvalue weighted by atomic mass is 9.93. The summed E-state index contributed by atoms with van der Waals surface area (Å²) >= 11 is 0. The Kier molecular flexibility index (Phi) is 6.53. The zero-order valence-corrected chi connectivity index (χ0v) is 27.3. The molecule has 0 aliphatic rings. The summed E-state index contributed by atoms with van der Waals surface area (Å²) in [6.07, 6.45) is 0. The lowest BCUT2D eigenvalue weighted by molar-refractivity contribution is 0.669. The predicted octanol–water partition coefficient (Wildman–Crippen LogP) is 13.8. The van der Waals surface area contributed by atoms with Crippen molar-refractivity contribution in [2.45, 2.75) is 0 Å². The molecule has 10 rings (SSSR count). The largest absolute Gasteiger partial charge is 0.456 e. The van der Waals surface area contributed by atoms with Crippen LogP contribution >= 0.6 is 0 Å². The summed E-state index contributed by atoms with van der Waals surface area (Å²) in [4.78, 5) is 2.31. The van der Waals surface area contributed by atoms with Crippen molar-refractivity contribution in [1.82, 2.24) is 0 Å². The van der Waals surface area contributed by atoms with E-state index >= 15 is 0 Å². The summed E-state index contributed by atoms with van der Waals surface area (Å²) in [7, 11) is 0. The fourth-order valence-electron chi connectivity index (χ4n) is 7.55. The van der Waals surface area contributed by atoms with Crippen LogP contribution in [0.4, 0.5) is 17.1 Å². The molecule has 0 amide bonds. The molecule has 1 aromatic heterocycles. The molecule has 0 fully saturated rings. The van der Waals surface area contributed by atoms with E-state index in [0.717, 1.165) is 39.0 Å². The van der Waals surface area contributed by atoms with E-state index in [1.54, 1.807) is 0 Å². The van der Waals surface area contributed by atoms with Crippen LogP contribution in [0.15, 0.2) is 192 Å². The third kappa shape index (κ3) is 4.73. The zero-order valence-electron chi connectivity index (χ0n) is 27.3.